The molecule has 2 heterocycles. The van der Waals surface area contributed by atoms with E-state index < -0.39 is 0 Å². The van der Waals surface area contributed by atoms with E-state index in [4.69, 9.17) is 16.3 Å². The highest BCUT2D eigenvalue weighted by Gasteiger charge is 2.17. The van der Waals surface area contributed by atoms with Crippen LogP contribution in [-0.4, -0.2) is 28.2 Å². The zero-order chi connectivity index (χ0) is 10.7. The Kier molecular flexibility index (Phi) is 3.59. The fourth-order valence-corrected chi connectivity index (χ4v) is 2.06. The van der Waals surface area contributed by atoms with Crippen LogP contribution in [0.1, 0.15) is 30.8 Å². The number of ether oxygens (including phenoxy) is 1. The number of alkyl halides is 1. The molecule has 5 heteroatoms. The van der Waals surface area contributed by atoms with Crippen LogP contribution in [0.4, 0.5) is 0 Å². The van der Waals surface area contributed by atoms with Crippen molar-refractivity contribution >= 4 is 11.6 Å². The van der Waals surface area contributed by atoms with Crippen molar-refractivity contribution in [3.8, 4) is 0 Å². The molecule has 2 rings (SSSR count). The summed E-state index contributed by atoms with van der Waals surface area (Å²) in [7, 11) is 0. The van der Waals surface area contributed by atoms with E-state index in [2.05, 4.69) is 10.3 Å². The molecule has 0 bridgehead atoms. The van der Waals surface area contributed by atoms with Crippen molar-refractivity contribution in [3.63, 3.8) is 0 Å². The molecule has 4 nitrogen and oxygen atoms in total. The van der Waals surface area contributed by atoms with E-state index in [1.54, 1.807) is 6.20 Å². The minimum atomic E-state index is -0.0279. The van der Waals surface area contributed by atoms with Crippen LogP contribution in [0.15, 0.2) is 6.20 Å². The summed E-state index contributed by atoms with van der Waals surface area (Å²) in [6.45, 7) is 4.59. The van der Waals surface area contributed by atoms with Gasteiger partial charge in [-0.3, -0.25) is 0 Å². The predicted molar refractivity (Wildman–Crippen MR) is 57.8 cm³/mol. The van der Waals surface area contributed by atoms with Crippen molar-refractivity contribution in [2.75, 3.05) is 13.2 Å². The first-order chi connectivity index (χ1) is 7.27. The van der Waals surface area contributed by atoms with Crippen LogP contribution in [0.3, 0.4) is 0 Å². The SMILES string of the molecule is CC(Cl)c1cnnn1CC1CCOCC1. The summed E-state index contributed by atoms with van der Waals surface area (Å²) < 4.78 is 7.25. The first kappa shape index (κ1) is 10.9. The Hall–Kier alpha value is -0.610. The Bertz CT molecular complexity index is 307. The van der Waals surface area contributed by atoms with Crippen LogP contribution < -0.4 is 0 Å². The Balaban J connectivity index is 1.99. The molecule has 1 saturated heterocycles. The highest BCUT2D eigenvalue weighted by atomic mass is 35.5. The fraction of sp³-hybridized carbons (Fsp3) is 0.800. The lowest BCUT2D eigenvalue weighted by atomic mass is 10.0. The second-order valence-corrected chi connectivity index (χ2v) is 4.67. The Morgan fingerprint density at radius 1 is 1.60 bits per heavy atom. The molecule has 1 unspecified atom stereocenters. The van der Waals surface area contributed by atoms with Gasteiger partial charge in [0.15, 0.2) is 0 Å². The van der Waals surface area contributed by atoms with Crippen LogP contribution >= 0.6 is 11.6 Å². The third-order valence-corrected chi connectivity index (χ3v) is 3.05. The molecule has 15 heavy (non-hydrogen) atoms. The normalized spacial score (nSPS) is 20.4. The number of rotatable bonds is 3. The number of hydrogen-bond acceptors (Lipinski definition) is 3. The second kappa shape index (κ2) is 4.94. The Morgan fingerprint density at radius 2 is 2.33 bits per heavy atom. The van der Waals surface area contributed by atoms with Gasteiger partial charge in [0.25, 0.3) is 0 Å². The summed E-state index contributed by atoms with van der Waals surface area (Å²) in [5.74, 6) is 0.648. The lowest BCUT2D eigenvalue weighted by Crippen LogP contribution is -2.22. The topological polar surface area (TPSA) is 39.9 Å². The summed E-state index contributed by atoms with van der Waals surface area (Å²) in [6, 6.07) is 0. The number of aromatic nitrogens is 3. The van der Waals surface area contributed by atoms with Gasteiger partial charge in [-0.15, -0.1) is 16.7 Å². The highest BCUT2D eigenvalue weighted by molar-refractivity contribution is 6.20. The van der Waals surface area contributed by atoms with Crippen LogP contribution in [0.25, 0.3) is 0 Å². The Morgan fingerprint density at radius 3 is 3.00 bits per heavy atom. The predicted octanol–water partition coefficient (Wildman–Crippen LogP) is 2.00. The molecule has 0 spiro atoms. The van der Waals surface area contributed by atoms with E-state index >= 15 is 0 Å². The third-order valence-electron chi connectivity index (χ3n) is 2.83. The average molecular weight is 230 g/mol. The molecule has 0 aromatic carbocycles. The lowest BCUT2D eigenvalue weighted by molar-refractivity contribution is 0.0597. The van der Waals surface area contributed by atoms with Crippen LogP contribution in [-0.2, 0) is 11.3 Å². The molecule has 84 valence electrons. The minimum Gasteiger partial charge on any atom is -0.381 e. The highest BCUT2D eigenvalue weighted by Crippen LogP contribution is 2.21. The fourth-order valence-electron chi connectivity index (χ4n) is 1.89. The summed E-state index contributed by atoms with van der Waals surface area (Å²) in [6.07, 6.45) is 3.96. The van der Waals surface area contributed by atoms with Crippen LogP contribution in [0.5, 0.6) is 0 Å². The standard InChI is InChI=1S/C10H16ClN3O/c1-8(11)10-6-12-13-14(10)7-9-2-4-15-5-3-9/h6,8-9H,2-5,7H2,1H3. The largest absolute Gasteiger partial charge is 0.381 e. The molecular formula is C10H16ClN3O. The van der Waals surface area contributed by atoms with Crippen molar-refractivity contribution in [1.29, 1.82) is 0 Å². The van der Waals surface area contributed by atoms with Crippen molar-refractivity contribution in [2.24, 2.45) is 5.92 Å². The van der Waals surface area contributed by atoms with E-state index in [0.717, 1.165) is 38.3 Å². The zero-order valence-electron chi connectivity index (χ0n) is 8.90. The average Bonchev–Trinajstić information content (AvgIpc) is 2.67. The van der Waals surface area contributed by atoms with Gasteiger partial charge < -0.3 is 4.74 Å². The molecule has 0 radical (unpaired) electrons. The van der Waals surface area contributed by atoms with Gasteiger partial charge in [-0.2, -0.15) is 0 Å². The molecule has 0 amide bonds. The van der Waals surface area contributed by atoms with Gasteiger partial charge in [0, 0.05) is 19.8 Å². The maximum absolute atomic E-state index is 6.04. The van der Waals surface area contributed by atoms with Crippen molar-refractivity contribution in [2.45, 2.75) is 31.7 Å². The lowest BCUT2D eigenvalue weighted by Gasteiger charge is -2.22. The second-order valence-electron chi connectivity index (χ2n) is 4.01. The molecular weight excluding hydrogens is 214 g/mol. The molecule has 1 aromatic heterocycles. The molecule has 1 fully saturated rings. The maximum atomic E-state index is 6.04. The summed E-state index contributed by atoms with van der Waals surface area (Å²) in [5, 5.41) is 7.95. The summed E-state index contributed by atoms with van der Waals surface area (Å²) in [5.41, 5.74) is 1.00. The monoisotopic (exact) mass is 229 g/mol. The van der Waals surface area contributed by atoms with Gasteiger partial charge in [-0.05, 0) is 25.7 Å². The molecule has 0 N–H and O–H groups in total. The Labute approximate surface area is 94.6 Å². The molecule has 0 saturated carbocycles. The molecule has 0 aliphatic carbocycles. The smallest absolute Gasteiger partial charge is 0.0763 e. The van der Waals surface area contributed by atoms with E-state index in [1.165, 1.54) is 0 Å². The summed E-state index contributed by atoms with van der Waals surface area (Å²) in [4.78, 5) is 0. The van der Waals surface area contributed by atoms with Crippen LogP contribution in [0.2, 0.25) is 0 Å². The van der Waals surface area contributed by atoms with Gasteiger partial charge in [-0.25, -0.2) is 4.68 Å². The minimum absolute atomic E-state index is 0.0279. The molecule has 1 aromatic rings. The van der Waals surface area contributed by atoms with E-state index in [0.29, 0.717) is 5.92 Å². The van der Waals surface area contributed by atoms with Gasteiger partial charge in [-0.1, -0.05) is 5.21 Å². The van der Waals surface area contributed by atoms with Gasteiger partial charge in [0.1, 0.15) is 0 Å². The van der Waals surface area contributed by atoms with Gasteiger partial charge in [0.05, 0.1) is 17.3 Å². The van der Waals surface area contributed by atoms with Crippen molar-refractivity contribution in [1.82, 2.24) is 15.0 Å². The number of hydrogen-bond donors (Lipinski definition) is 0. The first-order valence-electron chi connectivity index (χ1n) is 5.37. The van der Waals surface area contributed by atoms with E-state index in [-0.39, 0.29) is 5.38 Å². The van der Waals surface area contributed by atoms with E-state index in [9.17, 15) is 0 Å². The molecule has 1 aliphatic heterocycles. The molecule has 1 atom stereocenters. The van der Waals surface area contributed by atoms with Crippen molar-refractivity contribution in [3.05, 3.63) is 11.9 Å². The molecule has 1 aliphatic rings. The number of nitrogens with zero attached hydrogens (tertiary/aromatic N) is 3. The van der Waals surface area contributed by atoms with Gasteiger partial charge >= 0.3 is 0 Å². The zero-order valence-corrected chi connectivity index (χ0v) is 9.65. The van der Waals surface area contributed by atoms with E-state index in [1.807, 2.05) is 11.6 Å². The first-order valence-corrected chi connectivity index (χ1v) is 5.81. The number of halogens is 1. The quantitative estimate of drug-likeness (QED) is 0.745. The third kappa shape index (κ3) is 2.69. The van der Waals surface area contributed by atoms with Crippen molar-refractivity contribution < 1.29 is 4.74 Å². The van der Waals surface area contributed by atoms with Gasteiger partial charge in [0.2, 0.25) is 0 Å². The maximum Gasteiger partial charge on any atom is 0.0763 e. The summed E-state index contributed by atoms with van der Waals surface area (Å²) >= 11 is 6.04. The van der Waals surface area contributed by atoms with Crippen LogP contribution in [0, 0.1) is 5.92 Å².